The molecule has 0 bridgehead atoms. The quantitative estimate of drug-likeness (QED) is 0.712. The van der Waals surface area contributed by atoms with Gasteiger partial charge in [0.05, 0.1) is 10.7 Å². The second kappa shape index (κ2) is 7.49. The van der Waals surface area contributed by atoms with Crippen LogP contribution in [0.1, 0.15) is 5.56 Å². The Kier molecular flexibility index (Phi) is 5.34. The summed E-state index contributed by atoms with van der Waals surface area (Å²) in [4.78, 5) is 8.32. The van der Waals surface area contributed by atoms with Gasteiger partial charge in [-0.3, -0.25) is 9.97 Å². The molecule has 2 heterocycles. The number of hydrogen-bond acceptors (Lipinski definition) is 4. The van der Waals surface area contributed by atoms with Gasteiger partial charge in [0.15, 0.2) is 0 Å². The summed E-state index contributed by atoms with van der Waals surface area (Å²) in [7, 11) is -3.78. The first kappa shape index (κ1) is 17.8. The molecule has 1 N–H and O–H groups in total. The van der Waals surface area contributed by atoms with E-state index in [1.165, 1.54) is 18.2 Å². The molecule has 0 aliphatic heterocycles. The van der Waals surface area contributed by atoms with Crippen LogP contribution in [0.15, 0.2) is 66.0 Å². The van der Waals surface area contributed by atoms with Crippen LogP contribution >= 0.6 is 23.2 Å². The van der Waals surface area contributed by atoms with E-state index < -0.39 is 10.0 Å². The molecule has 3 aromatic rings. The van der Waals surface area contributed by atoms with Gasteiger partial charge < -0.3 is 0 Å². The minimum Gasteiger partial charge on any atom is -0.264 e. The Labute approximate surface area is 155 Å². The van der Waals surface area contributed by atoms with E-state index in [9.17, 15) is 8.42 Å². The van der Waals surface area contributed by atoms with Crippen molar-refractivity contribution >= 4 is 33.2 Å². The number of nitrogens with one attached hydrogen (secondary N) is 1. The fraction of sp³-hybridized carbons (Fsp3) is 0.0588. The summed E-state index contributed by atoms with van der Waals surface area (Å²) in [6, 6.07) is 11.6. The van der Waals surface area contributed by atoms with Crippen LogP contribution in [0.2, 0.25) is 10.0 Å². The number of pyridine rings is 2. The van der Waals surface area contributed by atoms with Crippen LogP contribution in [0.4, 0.5) is 0 Å². The van der Waals surface area contributed by atoms with E-state index in [4.69, 9.17) is 23.2 Å². The highest BCUT2D eigenvalue weighted by Gasteiger charge is 2.18. The smallest absolute Gasteiger partial charge is 0.242 e. The van der Waals surface area contributed by atoms with Crippen molar-refractivity contribution in [2.75, 3.05) is 0 Å². The van der Waals surface area contributed by atoms with Crippen molar-refractivity contribution in [1.82, 2.24) is 14.7 Å². The lowest BCUT2D eigenvalue weighted by Crippen LogP contribution is -2.23. The van der Waals surface area contributed by atoms with Crippen LogP contribution in [0, 0.1) is 0 Å². The molecule has 1 aromatic carbocycles. The van der Waals surface area contributed by atoms with E-state index in [-0.39, 0.29) is 16.5 Å². The van der Waals surface area contributed by atoms with E-state index in [2.05, 4.69) is 14.7 Å². The molecule has 25 heavy (non-hydrogen) atoms. The van der Waals surface area contributed by atoms with Gasteiger partial charge in [-0.2, -0.15) is 0 Å². The topological polar surface area (TPSA) is 72.0 Å². The highest BCUT2D eigenvalue weighted by Crippen LogP contribution is 2.25. The zero-order chi connectivity index (χ0) is 17.9. The molecule has 0 saturated heterocycles. The first-order chi connectivity index (χ1) is 12.0. The van der Waals surface area contributed by atoms with E-state index in [0.29, 0.717) is 5.02 Å². The minimum atomic E-state index is -3.78. The van der Waals surface area contributed by atoms with E-state index in [1.807, 2.05) is 18.2 Å². The second-order valence-corrected chi connectivity index (χ2v) is 7.77. The molecular formula is C17H13Cl2N3O2S. The Hall–Kier alpha value is -1.99. The highest BCUT2D eigenvalue weighted by atomic mass is 35.5. The summed E-state index contributed by atoms with van der Waals surface area (Å²) in [5, 5.41) is 0.411. The molecule has 0 saturated carbocycles. The fourth-order valence-corrected chi connectivity index (χ4v) is 3.93. The molecule has 0 aliphatic carbocycles. The molecule has 0 radical (unpaired) electrons. The fourth-order valence-electron chi connectivity index (χ4n) is 2.15. The third kappa shape index (κ3) is 4.35. The lowest BCUT2D eigenvalue weighted by atomic mass is 10.1. The molecule has 0 fully saturated rings. The van der Waals surface area contributed by atoms with Gasteiger partial charge in [0.2, 0.25) is 10.0 Å². The van der Waals surface area contributed by atoms with Gasteiger partial charge in [0, 0.05) is 35.7 Å². The van der Waals surface area contributed by atoms with Gasteiger partial charge in [-0.15, -0.1) is 0 Å². The van der Waals surface area contributed by atoms with Crippen LogP contribution in [0.3, 0.4) is 0 Å². The van der Waals surface area contributed by atoms with Gasteiger partial charge in [-0.05, 0) is 42.0 Å². The number of nitrogens with zero attached hydrogens (tertiary/aromatic N) is 2. The maximum absolute atomic E-state index is 12.4. The van der Waals surface area contributed by atoms with Gasteiger partial charge >= 0.3 is 0 Å². The number of hydrogen-bond donors (Lipinski definition) is 1. The van der Waals surface area contributed by atoms with Gasteiger partial charge in [0.1, 0.15) is 4.90 Å². The normalized spacial score (nSPS) is 11.4. The Balaban J connectivity index is 1.74. The molecular weight excluding hydrogens is 381 g/mol. The maximum atomic E-state index is 12.4. The third-order valence-electron chi connectivity index (χ3n) is 3.43. The van der Waals surface area contributed by atoms with Gasteiger partial charge in [0.25, 0.3) is 0 Å². The van der Waals surface area contributed by atoms with Crippen molar-refractivity contribution in [2.45, 2.75) is 11.4 Å². The zero-order valence-corrected chi connectivity index (χ0v) is 15.2. The van der Waals surface area contributed by atoms with Gasteiger partial charge in [-0.1, -0.05) is 29.3 Å². The number of rotatable bonds is 5. The standard InChI is InChI=1S/C17H13Cl2N3O2S/c18-14-4-5-15(19)17(8-14)25(23,24)22-10-12-3-6-16(21-9-12)13-2-1-7-20-11-13/h1-9,11,22H,10H2. The Morgan fingerprint density at radius 3 is 2.56 bits per heavy atom. The number of aromatic nitrogens is 2. The molecule has 128 valence electrons. The number of sulfonamides is 1. The van der Waals surface area contributed by atoms with Crippen molar-refractivity contribution in [1.29, 1.82) is 0 Å². The monoisotopic (exact) mass is 393 g/mol. The summed E-state index contributed by atoms with van der Waals surface area (Å²) in [5.41, 5.74) is 2.37. The average molecular weight is 394 g/mol. The number of halogens is 2. The zero-order valence-electron chi connectivity index (χ0n) is 12.9. The summed E-state index contributed by atoms with van der Waals surface area (Å²) < 4.78 is 27.3. The van der Waals surface area contributed by atoms with Crippen LogP contribution < -0.4 is 4.72 Å². The first-order valence-electron chi connectivity index (χ1n) is 7.26. The largest absolute Gasteiger partial charge is 0.264 e. The van der Waals surface area contributed by atoms with Crippen molar-refractivity contribution in [3.8, 4) is 11.3 Å². The van der Waals surface area contributed by atoms with Crippen LogP contribution in [0.25, 0.3) is 11.3 Å². The summed E-state index contributed by atoms with van der Waals surface area (Å²) in [6.07, 6.45) is 5.02. The second-order valence-electron chi connectivity index (χ2n) is 5.19. The minimum absolute atomic E-state index is 0.0541. The Morgan fingerprint density at radius 2 is 1.88 bits per heavy atom. The first-order valence-corrected chi connectivity index (χ1v) is 9.50. The predicted octanol–water partition coefficient (Wildman–Crippen LogP) is 3.93. The maximum Gasteiger partial charge on any atom is 0.242 e. The Morgan fingerprint density at radius 1 is 1.04 bits per heavy atom. The van der Waals surface area contributed by atoms with Crippen molar-refractivity contribution in [3.63, 3.8) is 0 Å². The van der Waals surface area contributed by atoms with Crippen LogP contribution in [0.5, 0.6) is 0 Å². The lowest BCUT2D eigenvalue weighted by molar-refractivity contribution is 0.581. The molecule has 0 unspecified atom stereocenters. The number of benzene rings is 1. The molecule has 0 amide bonds. The summed E-state index contributed by atoms with van der Waals surface area (Å²) >= 11 is 11.8. The van der Waals surface area contributed by atoms with Crippen LogP contribution in [-0.4, -0.2) is 18.4 Å². The predicted molar refractivity (Wildman–Crippen MR) is 98.0 cm³/mol. The van der Waals surface area contributed by atoms with Crippen molar-refractivity contribution in [2.24, 2.45) is 0 Å². The summed E-state index contributed by atoms with van der Waals surface area (Å²) in [5.74, 6) is 0. The highest BCUT2D eigenvalue weighted by molar-refractivity contribution is 7.89. The van der Waals surface area contributed by atoms with Crippen molar-refractivity contribution in [3.05, 3.63) is 76.7 Å². The molecule has 5 nitrogen and oxygen atoms in total. The Bertz CT molecular complexity index is 979. The van der Waals surface area contributed by atoms with E-state index >= 15 is 0 Å². The average Bonchev–Trinajstić information content (AvgIpc) is 2.63. The van der Waals surface area contributed by atoms with Crippen LogP contribution in [-0.2, 0) is 16.6 Å². The van der Waals surface area contributed by atoms with E-state index in [0.717, 1.165) is 16.8 Å². The van der Waals surface area contributed by atoms with E-state index in [1.54, 1.807) is 24.7 Å². The molecule has 2 aromatic heterocycles. The third-order valence-corrected chi connectivity index (χ3v) is 5.55. The molecule has 0 spiro atoms. The molecule has 0 aliphatic rings. The SMILES string of the molecule is O=S(=O)(NCc1ccc(-c2cccnc2)nc1)c1cc(Cl)ccc1Cl. The molecule has 3 rings (SSSR count). The molecule has 0 atom stereocenters. The van der Waals surface area contributed by atoms with Gasteiger partial charge in [-0.25, -0.2) is 13.1 Å². The summed E-state index contributed by atoms with van der Waals surface area (Å²) in [6.45, 7) is 0.0888. The lowest BCUT2D eigenvalue weighted by Gasteiger charge is -2.09. The molecule has 8 heteroatoms. The van der Waals surface area contributed by atoms with Crippen molar-refractivity contribution < 1.29 is 8.42 Å².